The van der Waals surface area contributed by atoms with E-state index >= 15 is 0 Å². The topological polar surface area (TPSA) is 89.8 Å². The quantitative estimate of drug-likeness (QED) is 0.613. The van der Waals surface area contributed by atoms with Crippen LogP contribution in [0.15, 0.2) is 71.4 Å². The summed E-state index contributed by atoms with van der Waals surface area (Å²) in [6, 6.07) is 16.0. The molecule has 7 heteroatoms. The van der Waals surface area contributed by atoms with E-state index in [1.165, 1.54) is 12.3 Å². The molecule has 0 saturated carbocycles. The summed E-state index contributed by atoms with van der Waals surface area (Å²) in [4.78, 5) is 24.2. The zero-order valence-electron chi connectivity index (χ0n) is 16.1. The van der Waals surface area contributed by atoms with Gasteiger partial charge in [-0.3, -0.25) is 9.59 Å². The minimum atomic E-state index is -0.330. The van der Waals surface area contributed by atoms with Gasteiger partial charge in [0.05, 0.1) is 6.26 Å². The van der Waals surface area contributed by atoms with Crippen molar-refractivity contribution in [3.8, 4) is 11.5 Å². The highest BCUT2D eigenvalue weighted by Crippen LogP contribution is 2.31. The summed E-state index contributed by atoms with van der Waals surface area (Å²) in [5, 5.41) is 5.59. The number of fused-ring (bicyclic) bond motifs is 1. The standard InChI is InChI=1S/C23H20N2O5/c26-22(9-7-16-6-8-19-21(14-16)30-12-11-29-19)24-15-17-3-1-4-18(13-17)25-23(27)20-5-2-10-28-20/h1-10,13-14H,11-12,15H2,(H,24,26)(H,25,27). The molecular weight excluding hydrogens is 384 g/mol. The number of rotatable bonds is 6. The average Bonchev–Trinajstić information content (AvgIpc) is 3.32. The fraction of sp³-hybridized carbons (Fsp3) is 0.130. The Morgan fingerprint density at radius 2 is 1.83 bits per heavy atom. The van der Waals surface area contributed by atoms with Crippen LogP contribution in [-0.2, 0) is 11.3 Å². The van der Waals surface area contributed by atoms with Crippen molar-refractivity contribution in [3.63, 3.8) is 0 Å². The smallest absolute Gasteiger partial charge is 0.291 e. The Labute approximate surface area is 173 Å². The highest BCUT2D eigenvalue weighted by molar-refractivity contribution is 6.02. The molecular formula is C23H20N2O5. The average molecular weight is 404 g/mol. The molecule has 30 heavy (non-hydrogen) atoms. The second-order valence-electron chi connectivity index (χ2n) is 6.59. The molecule has 2 heterocycles. The molecule has 0 spiro atoms. The first-order valence-electron chi connectivity index (χ1n) is 9.47. The lowest BCUT2D eigenvalue weighted by atomic mass is 10.1. The zero-order chi connectivity index (χ0) is 20.8. The summed E-state index contributed by atoms with van der Waals surface area (Å²) >= 11 is 0. The zero-order valence-corrected chi connectivity index (χ0v) is 16.1. The van der Waals surface area contributed by atoms with E-state index < -0.39 is 0 Å². The molecule has 0 atom stereocenters. The molecule has 0 radical (unpaired) electrons. The van der Waals surface area contributed by atoms with Crippen molar-refractivity contribution in [2.45, 2.75) is 6.54 Å². The van der Waals surface area contributed by atoms with Gasteiger partial charge >= 0.3 is 0 Å². The second-order valence-corrected chi connectivity index (χ2v) is 6.59. The third kappa shape index (κ3) is 4.88. The van der Waals surface area contributed by atoms with E-state index in [4.69, 9.17) is 13.9 Å². The van der Waals surface area contributed by atoms with Crippen LogP contribution in [-0.4, -0.2) is 25.0 Å². The van der Waals surface area contributed by atoms with Crippen molar-refractivity contribution in [3.05, 3.63) is 83.8 Å². The number of anilines is 1. The summed E-state index contributed by atoms with van der Waals surface area (Å²) in [5.74, 6) is 1.07. The van der Waals surface area contributed by atoms with Crippen LogP contribution < -0.4 is 20.1 Å². The minimum absolute atomic E-state index is 0.227. The maximum Gasteiger partial charge on any atom is 0.291 e. The molecule has 0 unspecified atom stereocenters. The SMILES string of the molecule is O=C(C=Cc1ccc2c(c1)OCCO2)NCc1cccc(NC(=O)c2ccco2)c1. The van der Waals surface area contributed by atoms with E-state index in [0.29, 0.717) is 36.9 Å². The fourth-order valence-corrected chi connectivity index (χ4v) is 2.94. The van der Waals surface area contributed by atoms with Gasteiger partial charge in [-0.05, 0) is 53.6 Å². The lowest BCUT2D eigenvalue weighted by Crippen LogP contribution is -2.20. The lowest BCUT2D eigenvalue weighted by Gasteiger charge is -2.18. The fourth-order valence-electron chi connectivity index (χ4n) is 2.94. The Morgan fingerprint density at radius 3 is 2.67 bits per heavy atom. The van der Waals surface area contributed by atoms with Gasteiger partial charge in [-0.25, -0.2) is 0 Å². The predicted octanol–water partition coefficient (Wildman–Crippen LogP) is 3.63. The number of ether oxygens (including phenoxy) is 2. The Bertz CT molecular complexity index is 1070. The number of carbonyl (C=O) groups excluding carboxylic acids is 2. The number of hydrogen-bond donors (Lipinski definition) is 2. The predicted molar refractivity (Wildman–Crippen MR) is 111 cm³/mol. The molecule has 0 saturated heterocycles. The molecule has 0 fully saturated rings. The van der Waals surface area contributed by atoms with E-state index in [-0.39, 0.29) is 17.6 Å². The second kappa shape index (κ2) is 9.00. The monoisotopic (exact) mass is 404 g/mol. The Morgan fingerprint density at radius 1 is 0.967 bits per heavy atom. The number of benzene rings is 2. The van der Waals surface area contributed by atoms with Gasteiger partial charge in [0, 0.05) is 18.3 Å². The number of nitrogens with one attached hydrogen (secondary N) is 2. The molecule has 2 N–H and O–H groups in total. The summed E-state index contributed by atoms with van der Waals surface area (Å²) in [6.07, 6.45) is 4.63. The highest BCUT2D eigenvalue weighted by atomic mass is 16.6. The minimum Gasteiger partial charge on any atom is -0.486 e. The number of amides is 2. The molecule has 0 aliphatic carbocycles. The van der Waals surface area contributed by atoms with Crippen molar-refractivity contribution < 1.29 is 23.5 Å². The van der Waals surface area contributed by atoms with Crippen LogP contribution in [0.25, 0.3) is 6.08 Å². The van der Waals surface area contributed by atoms with Crippen LogP contribution in [0.3, 0.4) is 0 Å². The van der Waals surface area contributed by atoms with Crippen LogP contribution in [0.2, 0.25) is 0 Å². The van der Waals surface area contributed by atoms with Gasteiger partial charge in [-0.15, -0.1) is 0 Å². The van der Waals surface area contributed by atoms with Gasteiger partial charge in [-0.2, -0.15) is 0 Å². The van der Waals surface area contributed by atoms with Gasteiger partial charge in [0.1, 0.15) is 13.2 Å². The molecule has 152 valence electrons. The summed E-state index contributed by atoms with van der Waals surface area (Å²) < 4.78 is 16.1. The number of carbonyl (C=O) groups is 2. The van der Waals surface area contributed by atoms with E-state index in [2.05, 4.69) is 10.6 Å². The van der Waals surface area contributed by atoms with Gasteiger partial charge in [-0.1, -0.05) is 18.2 Å². The van der Waals surface area contributed by atoms with Gasteiger partial charge in [0.25, 0.3) is 5.91 Å². The maximum atomic E-state index is 12.2. The first kappa shape index (κ1) is 19.3. The Balaban J connectivity index is 1.31. The summed E-state index contributed by atoms with van der Waals surface area (Å²) in [6.45, 7) is 1.38. The van der Waals surface area contributed by atoms with Crippen molar-refractivity contribution in [1.29, 1.82) is 0 Å². The van der Waals surface area contributed by atoms with E-state index in [0.717, 1.165) is 11.1 Å². The van der Waals surface area contributed by atoms with Gasteiger partial charge < -0.3 is 24.5 Å². The largest absolute Gasteiger partial charge is 0.486 e. The summed E-state index contributed by atoms with van der Waals surface area (Å²) in [5.41, 5.74) is 2.32. The number of hydrogen-bond acceptors (Lipinski definition) is 5. The van der Waals surface area contributed by atoms with E-state index in [1.807, 2.05) is 30.3 Å². The molecule has 1 aliphatic rings. The summed E-state index contributed by atoms with van der Waals surface area (Å²) in [7, 11) is 0. The van der Waals surface area contributed by atoms with Crippen LogP contribution in [0.5, 0.6) is 11.5 Å². The van der Waals surface area contributed by atoms with Crippen molar-refractivity contribution in [2.24, 2.45) is 0 Å². The van der Waals surface area contributed by atoms with Crippen molar-refractivity contribution in [2.75, 3.05) is 18.5 Å². The van der Waals surface area contributed by atoms with Crippen molar-refractivity contribution in [1.82, 2.24) is 5.32 Å². The molecule has 1 aromatic heterocycles. The molecule has 3 aromatic rings. The Kier molecular flexibility index (Phi) is 5.80. The van der Waals surface area contributed by atoms with Crippen LogP contribution in [0, 0.1) is 0 Å². The molecule has 2 amide bonds. The molecule has 7 nitrogen and oxygen atoms in total. The normalized spacial score (nSPS) is 12.5. The molecule has 2 aromatic carbocycles. The lowest BCUT2D eigenvalue weighted by molar-refractivity contribution is -0.116. The molecule has 4 rings (SSSR count). The van der Waals surface area contributed by atoms with Crippen LogP contribution in [0.1, 0.15) is 21.7 Å². The first-order valence-corrected chi connectivity index (χ1v) is 9.47. The van der Waals surface area contributed by atoms with Gasteiger partial charge in [0.15, 0.2) is 17.3 Å². The highest BCUT2D eigenvalue weighted by Gasteiger charge is 2.11. The van der Waals surface area contributed by atoms with E-state index in [1.54, 1.807) is 30.3 Å². The number of furan rings is 1. The maximum absolute atomic E-state index is 12.2. The van der Waals surface area contributed by atoms with Crippen LogP contribution >= 0.6 is 0 Å². The first-order chi connectivity index (χ1) is 14.7. The van der Waals surface area contributed by atoms with E-state index in [9.17, 15) is 9.59 Å². The van der Waals surface area contributed by atoms with Gasteiger partial charge in [0.2, 0.25) is 5.91 Å². The third-order valence-corrected chi connectivity index (χ3v) is 4.39. The van der Waals surface area contributed by atoms with Crippen molar-refractivity contribution >= 4 is 23.6 Å². The third-order valence-electron chi connectivity index (χ3n) is 4.39. The molecule has 0 bridgehead atoms. The molecule has 1 aliphatic heterocycles. The Hall–Kier alpha value is -4.00. The van der Waals surface area contributed by atoms with Crippen LogP contribution in [0.4, 0.5) is 5.69 Å².